The third-order valence-corrected chi connectivity index (χ3v) is 2.78. The van der Waals surface area contributed by atoms with Crippen molar-refractivity contribution < 1.29 is 14.1 Å². The number of nitrogens with zero attached hydrogens (tertiary/aromatic N) is 1. The summed E-state index contributed by atoms with van der Waals surface area (Å²) >= 11 is 0. The van der Waals surface area contributed by atoms with Gasteiger partial charge in [-0.25, -0.2) is 0 Å². The summed E-state index contributed by atoms with van der Waals surface area (Å²) in [5.41, 5.74) is 0.913. The SMILES string of the molecule is COc1cccc(CNc2ccc([N+](=O)[O-])c(F)c2)c1. The minimum atomic E-state index is -0.856. The van der Waals surface area contributed by atoms with Gasteiger partial charge in [-0.1, -0.05) is 12.1 Å². The van der Waals surface area contributed by atoms with Crippen molar-refractivity contribution in [3.63, 3.8) is 0 Å². The number of methoxy groups -OCH3 is 1. The van der Waals surface area contributed by atoms with Gasteiger partial charge in [0, 0.05) is 24.4 Å². The van der Waals surface area contributed by atoms with E-state index >= 15 is 0 Å². The van der Waals surface area contributed by atoms with Gasteiger partial charge in [0.2, 0.25) is 5.82 Å². The minimum Gasteiger partial charge on any atom is -0.497 e. The third-order valence-electron chi connectivity index (χ3n) is 2.78. The molecule has 0 fully saturated rings. The zero-order valence-corrected chi connectivity index (χ0v) is 10.8. The number of hydrogen-bond acceptors (Lipinski definition) is 4. The lowest BCUT2D eigenvalue weighted by molar-refractivity contribution is -0.387. The van der Waals surface area contributed by atoms with E-state index in [1.807, 2.05) is 24.3 Å². The predicted molar refractivity (Wildman–Crippen MR) is 73.4 cm³/mol. The molecule has 0 spiro atoms. The number of halogens is 1. The van der Waals surface area contributed by atoms with E-state index in [4.69, 9.17) is 4.74 Å². The Balaban J connectivity index is 2.07. The fraction of sp³-hybridized carbons (Fsp3) is 0.143. The number of nitro benzene ring substituents is 1. The van der Waals surface area contributed by atoms with Crippen LogP contribution in [0.2, 0.25) is 0 Å². The smallest absolute Gasteiger partial charge is 0.304 e. The first-order valence-corrected chi connectivity index (χ1v) is 5.91. The molecule has 0 aliphatic carbocycles. The molecule has 104 valence electrons. The summed E-state index contributed by atoms with van der Waals surface area (Å²) in [4.78, 5) is 9.77. The zero-order chi connectivity index (χ0) is 14.5. The maximum atomic E-state index is 13.4. The number of hydrogen-bond donors (Lipinski definition) is 1. The van der Waals surface area contributed by atoms with Gasteiger partial charge in [0.25, 0.3) is 0 Å². The summed E-state index contributed by atoms with van der Waals surface area (Å²) in [6.07, 6.45) is 0. The van der Waals surface area contributed by atoms with Crippen molar-refractivity contribution in [3.8, 4) is 5.75 Å². The summed E-state index contributed by atoms with van der Waals surface area (Å²) in [5, 5.41) is 13.5. The second kappa shape index (κ2) is 6.01. The van der Waals surface area contributed by atoms with Crippen molar-refractivity contribution >= 4 is 11.4 Å². The first kappa shape index (κ1) is 13.8. The first-order valence-electron chi connectivity index (χ1n) is 5.91. The maximum Gasteiger partial charge on any atom is 0.304 e. The zero-order valence-electron chi connectivity index (χ0n) is 10.8. The lowest BCUT2D eigenvalue weighted by atomic mass is 10.2. The lowest BCUT2D eigenvalue weighted by Crippen LogP contribution is -2.01. The molecule has 0 saturated carbocycles. The van der Waals surface area contributed by atoms with Crippen LogP contribution in [0.4, 0.5) is 15.8 Å². The van der Waals surface area contributed by atoms with Crippen molar-refractivity contribution in [2.75, 3.05) is 12.4 Å². The molecule has 1 N–H and O–H groups in total. The Morgan fingerprint density at radius 3 is 2.75 bits per heavy atom. The summed E-state index contributed by atoms with van der Waals surface area (Å²) in [5.74, 6) is -0.121. The van der Waals surface area contributed by atoms with Crippen molar-refractivity contribution in [1.82, 2.24) is 0 Å². The maximum absolute atomic E-state index is 13.4. The highest BCUT2D eigenvalue weighted by molar-refractivity contribution is 5.50. The quantitative estimate of drug-likeness (QED) is 0.671. The monoisotopic (exact) mass is 276 g/mol. The van der Waals surface area contributed by atoms with E-state index in [0.29, 0.717) is 12.2 Å². The minimum absolute atomic E-state index is 0.467. The van der Waals surface area contributed by atoms with Crippen LogP contribution < -0.4 is 10.1 Å². The van der Waals surface area contributed by atoms with Crippen molar-refractivity contribution in [3.05, 3.63) is 64.0 Å². The number of rotatable bonds is 5. The number of ether oxygens (including phenoxy) is 1. The van der Waals surface area contributed by atoms with Crippen LogP contribution in [0.3, 0.4) is 0 Å². The van der Waals surface area contributed by atoms with Crippen molar-refractivity contribution in [2.24, 2.45) is 0 Å². The van der Waals surface area contributed by atoms with Gasteiger partial charge in [-0.2, -0.15) is 4.39 Å². The Morgan fingerprint density at radius 2 is 2.10 bits per heavy atom. The van der Waals surface area contributed by atoms with Crippen molar-refractivity contribution in [2.45, 2.75) is 6.54 Å². The molecule has 0 aliphatic heterocycles. The van der Waals surface area contributed by atoms with Gasteiger partial charge in [0.1, 0.15) is 5.75 Å². The lowest BCUT2D eigenvalue weighted by Gasteiger charge is -2.08. The second-order valence-corrected chi connectivity index (χ2v) is 4.13. The van der Waals surface area contributed by atoms with Crippen LogP contribution in [0.5, 0.6) is 5.75 Å². The van der Waals surface area contributed by atoms with Crippen LogP contribution >= 0.6 is 0 Å². The van der Waals surface area contributed by atoms with Gasteiger partial charge in [0.15, 0.2) is 0 Å². The summed E-state index contributed by atoms with van der Waals surface area (Å²) in [6, 6.07) is 11.2. The van der Waals surface area contributed by atoms with Gasteiger partial charge in [-0.3, -0.25) is 10.1 Å². The number of anilines is 1. The Labute approximate surface area is 115 Å². The Kier molecular flexibility index (Phi) is 4.14. The van der Waals surface area contributed by atoms with Gasteiger partial charge >= 0.3 is 5.69 Å². The molecule has 6 heteroatoms. The fourth-order valence-corrected chi connectivity index (χ4v) is 1.75. The van der Waals surface area contributed by atoms with E-state index in [2.05, 4.69) is 5.32 Å². The van der Waals surface area contributed by atoms with Gasteiger partial charge in [-0.15, -0.1) is 0 Å². The molecule has 2 aromatic carbocycles. The summed E-state index contributed by atoms with van der Waals surface area (Å²) < 4.78 is 18.5. The molecular formula is C14H13FN2O3. The molecule has 0 atom stereocenters. The van der Waals surface area contributed by atoms with Gasteiger partial charge in [-0.05, 0) is 23.8 Å². The molecule has 0 saturated heterocycles. The molecule has 0 bridgehead atoms. The summed E-state index contributed by atoms with van der Waals surface area (Å²) in [7, 11) is 1.58. The molecular weight excluding hydrogens is 263 g/mol. The Hall–Kier alpha value is -2.63. The van der Waals surface area contributed by atoms with E-state index in [-0.39, 0.29) is 0 Å². The van der Waals surface area contributed by atoms with E-state index in [1.54, 1.807) is 7.11 Å². The van der Waals surface area contributed by atoms with E-state index < -0.39 is 16.4 Å². The summed E-state index contributed by atoms with van der Waals surface area (Å²) in [6.45, 7) is 0.467. The molecule has 0 aromatic heterocycles. The van der Waals surface area contributed by atoms with Crippen LogP contribution in [0.15, 0.2) is 42.5 Å². The fourth-order valence-electron chi connectivity index (χ4n) is 1.75. The normalized spacial score (nSPS) is 10.1. The highest BCUT2D eigenvalue weighted by Gasteiger charge is 2.13. The topological polar surface area (TPSA) is 64.4 Å². The van der Waals surface area contributed by atoms with E-state index in [0.717, 1.165) is 23.4 Å². The van der Waals surface area contributed by atoms with Crippen LogP contribution in [0.25, 0.3) is 0 Å². The van der Waals surface area contributed by atoms with E-state index in [9.17, 15) is 14.5 Å². The largest absolute Gasteiger partial charge is 0.497 e. The second-order valence-electron chi connectivity index (χ2n) is 4.13. The van der Waals surface area contributed by atoms with Crippen LogP contribution in [0.1, 0.15) is 5.56 Å². The standard InChI is InChI=1S/C14H13FN2O3/c1-20-12-4-2-3-10(7-12)9-16-11-5-6-14(17(18)19)13(15)8-11/h2-8,16H,9H2,1H3. The van der Waals surface area contributed by atoms with Crippen LogP contribution in [0, 0.1) is 15.9 Å². The number of nitrogens with one attached hydrogen (secondary N) is 1. The predicted octanol–water partition coefficient (Wildman–Crippen LogP) is 3.35. The Morgan fingerprint density at radius 1 is 1.30 bits per heavy atom. The highest BCUT2D eigenvalue weighted by atomic mass is 19.1. The Bertz CT molecular complexity index is 632. The molecule has 0 unspecified atom stereocenters. The molecule has 0 amide bonds. The molecule has 0 aliphatic rings. The molecule has 5 nitrogen and oxygen atoms in total. The van der Waals surface area contributed by atoms with Crippen molar-refractivity contribution in [1.29, 1.82) is 0 Å². The van der Waals surface area contributed by atoms with Crippen LogP contribution in [-0.4, -0.2) is 12.0 Å². The van der Waals surface area contributed by atoms with E-state index in [1.165, 1.54) is 6.07 Å². The van der Waals surface area contributed by atoms with Crippen LogP contribution in [-0.2, 0) is 6.54 Å². The molecule has 2 rings (SSSR count). The van der Waals surface area contributed by atoms with Gasteiger partial charge in [0.05, 0.1) is 12.0 Å². The molecule has 20 heavy (non-hydrogen) atoms. The number of nitro groups is 1. The number of benzene rings is 2. The average Bonchev–Trinajstić information content (AvgIpc) is 2.45. The highest BCUT2D eigenvalue weighted by Crippen LogP contribution is 2.21. The third kappa shape index (κ3) is 3.23. The first-order chi connectivity index (χ1) is 9.60. The molecule has 0 heterocycles. The van der Waals surface area contributed by atoms with Gasteiger partial charge < -0.3 is 10.1 Å². The molecule has 2 aromatic rings. The molecule has 0 radical (unpaired) electrons. The average molecular weight is 276 g/mol.